The van der Waals surface area contributed by atoms with Gasteiger partial charge in [-0.25, -0.2) is 9.97 Å². The van der Waals surface area contributed by atoms with Crippen LogP contribution in [0.4, 0.5) is 23.0 Å². The number of aromatic nitrogens is 2. The van der Waals surface area contributed by atoms with E-state index >= 15 is 0 Å². The first-order valence-electron chi connectivity index (χ1n) is 15.2. The van der Waals surface area contributed by atoms with Gasteiger partial charge in [0.15, 0.2) is 17.3 Å². The zero-order valence-electron chi connectivity index (χ0n) is 24.4. The Hall–Kier alpha value is -3.73. The van der Waals surface area contributed by atoms with Gasteiger partial charge in [0.2, 0.25) is 0 Å². The predicted octanol–water partition coefficient (Wildman–Crippen LogP) is 3.53. The number of carbonyl (C=O) groups excluding carboxylic acids is 1. The van der Waals surface area contributed by atoms with E-state index in [4.69, 9.17) is 15.7 Å². The van der Waals surface area contributed by atoms with E-state index in [1.807, 2.05) is 42.5 Å². The number of hydrogen-bond acceptors (Lipinski definition) is 9. The molecule has 1 saturated carbocycles. The Kier molecular flexibility index (Phi) is 8.55. The van der Waals surface area contributed by atoms with Crippen molar-refractivity contribution < 1.29 is 9.90 Å². The number of aliphatic hydroxyl groups excluding tert-OH is 1. The fourth-order valence-corrected chi connectivity index (χ4v) is 6.44. The Balaban J connectivity index is 1.18. The monoisotopic (exact) mass is 570 g/mol. The van der Waals surface area contributed by atoms with E-state index in [2.05, 4.69) is 44.5 Å². The largest absolute Gasteiger partial charge is 0.393 e. The smallest absolute Gasteiger partial charge is 0.271 e. The average molecular weight is 571 g/mol. The third kappa shape index (κ3) is 6.51. The highest BCUT2D eigenvalue weighted by atomic mass is 16.3. The lowest BCUT2D eigenvalue weighted by Gasteiger charge is -2.42. The van der Waals surface area contributed by atoms with E-state index in [9.17, 15) is 9.90 Å². The molecule has 222 valence electrons. The molecule has 2 aliphatic heterocycles. The third-order valence-electron chi connectivity index (χ3n) is 8.94. The van der Waals surface area contributed by atoms with Gasteiger partial charge in [-0.15, -0.1) is 0 Å². The quantitative estimate of drug-likeness (QED) is 0.322. The number of likely N-dealkylation sites (N-methyl/N-ethyl adjacent to an activating group) is 1. The van der Waals surface area contributed by atoms with Gasteiger partial charge in [-0.05, 0) is 63.4 Å². The van der Waals surface area contributed by atoms with Crippen molar-refractivity contribution in [2.45, 2.75) is 50.3 Å². The van der Waals surface area contributed by atoms with E-state index in [0.29, 0.717) is 29.8 Å². The average Bonchev–Trinajstić information content (AvgIpc) is 3.42. The van der Waals surface area contributed by atoms with Gasteiger partial charge in [-0.1, -0.05) is 30.3 Å². The van der Waals surface area contributed by atoms with Crippen LogP contribution in [0.25, 0.3) is 11.3 Å². The van der Waals surface area contributed by atoms with Gasteiger partial charge in [0.05, 0.1) is 6.10 Å². The summed E-state index contributed by atoms with van der Waals surface area (Å²) in [6, 6.07) is 18.7. The Morgan fingerprint density at radius 1 is 0.881 bits per heavy atom. The standard InChI is InChI=1S/C32H42N8O2/c1-38-17-19-40(20-18-38)26-13-15-39(16-14-26)25-10-7-23(8-11-25)34-32-29(30(33)42)36-28(22-5-3-2-4-6-22)31(37-32)35-24-9-12-27(41)21-24/h2-8,10-11,24,26-27,41H,9,12-21H2,1H3,(H2,33,42)(H2,34,35,37)/t24-,27-/m0/s1. The molecule has 10 nitrogen and oxygen atoms in total. The molecule has 3 heterocycles. The van der Waals surface area contributed by atoms with Crippen LogP contribution in [0.3, 0.4) is 0 Å². The Bertz CT molecular complexity index is 1350. The molecule has 10 heteroatoms. The maximum Gasteiger partial charge on any atom is 0.271 e. The molecule has 3 fully saturated rings. The molecule has 2 aromatic carbocycles. The fourth-order valence-electron chi connectivity index (χ4n) is 6.44. The summed E-state index contributed by atoms with van der Waals surface area (Å²) in [7, 11) is 2.21. The maximum absolute atomic E-state index is 12.5. The highest BCUT2D eigenvalue weighted by molar-refractivity contribution is 5.97. The molecule has 3 aliphatic rings. The Morgan fingerprint density at radius 2 is 1.60 bits per heavy atom. The van der Waals surface area contributed by atoms with E-state index in [1.54, 1.807) is 0 Å². The van der Waals surface area contributed by atoms with Crippen LogP contribution >= 0.6 is 0 Å². The third-order valence-corrected chi connectivity index (χ3v) is 8.94. The van der Waals surface area contributed by atoms with Crippen LogP contribution < -0.4 is 21.3 Å². The number of piperidine rings is 1. The second-order valence-corrected chi connectivity index (χ2v) is 11.9. The number of aliphatic hydroxyl groups is 1. The Morgan fingerprint density at radius 3 is 2.24 bits per heavy atom. The van der Waals surface area contributed by atoms with Crippen molar-refractivity contribution in [3.8, 4) is 11.3 Å². The number of primary amides is 1. The number of amides is 1. The van der Waals surface area contributed by atoms with Crippen molar-refractivity contribution in [2.75, 3.05) is 61.8 Å². The molecule has 1 amide bonds. The van der Waals surface area contributed by atoms with E-state index in [-0.39, 0.29) is 17.8 Å². The molecule has 2 saturated heterocycles. The summed E-state index contributed by atoms with van der Waals surface area (Å²) < 4.78 is 0. The zero-order chi connectivity index (χ0) is 29.1. The van der Waals surface area contributed by atoms with Crippen molar-refractivity contribution in [1.82, 2.24) is 19.8 Å². The van der Waals surface area contributed by atoms with Crippen LogP contribution in [-0.4, -0.2) is 95.3 Å². The van der Waals surface area contributed by atoms with Crippen molar-refractivity contribution in [2.24, 2.45) is 5.73 Å². The topological polar surface area (TPSA) is 123 Å². The molecular weight excluding hydrogens is 528 g/mol. The molecule has 1 aromatic heterocycles. The van der Waals surface area contributed by atoms with Gasteiger partial charge in [0, 0.05) is 68.3 Å². The summed E-state index contributed by atoms with van der Waals surface area (Å²) in [5.74, 6) is 0.224. The summed E-state index contributed by atoms with van der Waals surface area (Å²) in [6.07, 6.45) is 4.27. The molecular formula is C32H42N8O2. The van der Waals surface area contributed by atoms with Crippen LogP contribution in [0.2, 0.25) is 0 Å². The molecule has 0 bridgehead atoms. The summed E-state index contributed by atoms with van der Waals surface area (Å²) in [5, 5.41) is 16.8. The molecule has 3 aromatic rings. The SMILES string of the molecule is CN1CCN(C2CCN(c3ccc(Nc4nc(N[C@H]5CC[C@H](O)C5)c(-c5ccccc5)nc4C(N)=O)cc3)CC2)CC1. The lowest BCUT2D eigenvalue weighted by molar-refractivity contribution is 0.0982. The summed E-state index contributed by atoms with van der Waals surface area (Å²) in [4.78, 5) is 29.6. The first-order chi connectivity index (χ1) is 20.4. The predicted molar refractivity (Wildman–Crippen MR) is 167 cm³/mol. The van der Waals surface area contributed by atoms with Gasteiger partial charge in [0.25, 0.3) is 5.91 Å². The molecule has 0 unspecified atom stereocenters. The van der Waals surface area contributed by atoms with Crippen molar-refractivity contribution in [1.29, 1.82) is 0 Å². The first kappa shape index (κ1) is 28.4. The lowest BCUT2D eigenvalue weighted by atomic mass is 10.0. The number of nitrogens with one attached hydrogen (secondary N) is 2. The molecule has 6 rings (SSSR count). The van der Waals surface area contributed by atoms with Crippen LogP contribution in [0.5, 0.6) is 0 Å². The minimum atomic E-state index is -0.648. The van der Waals surface area contributed by atoms with Gasteiger partial charge in [0.1, 0.15) is 5.69 Å². The molecule has 2 atom stereocenters. The second-order valence-electron chi connectivity index (χ2n) is 11.9. The number of benzene rings is 2. The van der Waals surface area contributed by atoms with Gasteiger partial charge >= 0.3 is 0 Å². The van der Waals surface area contributed by atoms with Crippen LogP contribution in [0.1, 0.15) is 42.6 Å². The maximum atomic E-state index is 12.5. The fraction of sp³-hybridized carbons (Fsp3) is 0.469. The van der Waals surface area contributed by atoms with Gasteiger partial charge < -0.3 is 31.3 Å². The van der Waals surface area contributed by atoms with Crippen LogP contribution in [-0.2, 0) is 0 Å². The van der Waals surface area contributed by atoms with Crippen LogP contribution in [0.15, 0.2) is 54.6 Å². The zero-order valence-corrected chi connectivity index (χ0v) is 24.4. The highest BCUT2D eigenvalue weighted by Gasteiger charge is 2.28. The minimum Gasteiger partial charge on any atom is -0.393 e. The molecule has 0 radical (unpaired) electrons. The second kappa shape index (κ2) is 12.6. The number of rotatable bonds is 8. The van der Waals surface area contributed by atoms with Crippen LogP contribution in [0, 0.1) is 0 Å². The molecule has 1 aliphatic carbocycles. The highest BCUT2D eigenvalue weighted by Crippen LogP contribution is 2.32. The molecule has 0 spiro atoms. The van der Waals surface area contributed by atoms with E-state index < -0.39 is 5.91 Å². The number of carbonyl (C=O) groups is 1. The number of piperazine rings is 1. The lowest BCUT2D eigenvalue weighted by Crippen LogP contribution is -2.52. The summed E-state index contributed by atoms with van der Waals surface area (Å²) >= 11 is 0. The van der Waals surface area contributed by atoms with E-state index in [0.717, 1.165) is 50.3 Å². The molecule has 5 N–H and O–H groups in total. The minimum absolute atomic E-state index is 0.0729. The van der Waals surface area contributed by atoms with Crippen molar-refractivity contribution in [3.05, 3.63) is 60.3 Å². The van der Waals surface area contributed by atoms with Gasteiger partial charge in [-0.2, -0.15) is 0 Å². The number of nitrogens with zero attached hydrogens (tertiary/aromatic N) is 5. The Labute approximate surface area is 247 Å². The van der Waals surface area contributed by atoms with Crippen molar-refractivity contribution >= 4 is 28.9 Å². The van der Waals surface area contributed by atoms with Gasteiger partial charge in [-0.3, -0.25) is 9.69 Å². The summed E-state index contributed by atoms with van der Waals surface area (Å²) in [5.41, 5.74) is 9.27. The number of nitrogens with two attached hydrogens (primary N) is 1. The van der Waals surface area contributed by atoms with Crippen molar-refractivity contribution in [3.63, 3.8) is 0 Å². The summed E-state index contributed by atoms with van der Waals surface area (Å²) in [6.45, 7) is 6.76. The first-order valence-corrected chi connectivity index (χ1v) is 15.2. The molecule has 42 heavy (non-hydrogen) atoms. The van der Waals surface area contributed by atoms with E-state index in [1.165, 1.54) is 31.6 Å². The number of hydrogen-bond donors (Lipinski definition) is 4. The normalized spacial score (nSPS) is 22.3. The number of anilines is 4.